The summed E-state index contributed by atoms with van der Waals surface area (Å²) in [5.41, 5.74) is 0. The number of nitrogens with zero attached hydrogens (tertiary/aromatic N) is 3. The molecule has 1 amide bonds. The normalized spacial score (nSPS) is 17.6. The van der Waals surface area contributed by atoms with Crippen LogP contribution in [0.2, 0.25) is 0 Å². The molecule has 1 aromatic carbocycles. The Bertz CT molecular complexity index is 677. The maximum Gasteiger partial charge on any atom is 0.234 e. The molecule has 1 fully saturated rings. The predicted molar refractivity (Wildman–Crippen MR) is 91.7 cm³/mol. The number of aromatic nitrogens is 2. The molecule has 0 aliphatic carbocycles. The number of halogens is 1. The number of nitrogens with one attached hydrogen (secondary N) is 1. The van der Waals surface area contributed by atoms with Gasteiger partial charge >= 0.3 is 0 Å². The lowest BCUT2D eigenvalue weighted by Gasteiger charge is -2.23. The zero-order valence-corrected chi connectivity index (χ0v) is 14.1. The average Bonchev–Trinajstić information content (AvgIpc) is 3.25. The first-order valence-electron chi connectivity index (χ1n) is 8.57. The fourth-order valence-electron chi connectivity index (χ4n) is 3.09. The van der Waals surface area contributed by atoms with Gasteiger partial charge in [0.25, 0.3) is 0 Å². The van der Waals surface area contributed by atoms with Crippen molar-refractivity contribution in [2.24, 2.45) is 0 Å². The summed E-state index contributed by atoms with van der Waals surface area (Å²) >= 11 is 0. The number of hydrogen-bond donors (Lipinski definition) is 1. The van der Waals surface area contributed by atoms with Crippen molar-refractivity contribution in [2.75, 3.05) is 26.2 Å². The monoisotopic (exact) mass is 346 g/mol. The van der Waals surface area contributed by atoms with Gasteiger partial charge in [0, 0.05) is 24.5 Å². The van der Waals surface area contributed by atoms with E-state index >= 15 is 0 Å². The van der Waals surface area contributed by atoms with Gasteiger partial charge in [-0.3, -0.25) is 14.4 Å². The largest absolute Gasteiger partial charge is 0.492 e. The van der Waals surface area contributed by atoms with E-state index < -0.39 is 0 Å². The second-order valence-corrected chi connectivity index (χ2v) is 6.15. The fourth-order valence-corrected chi connectivity index (χ4v) is 3.09. The highest BCUT2D eigenvalue weighted by Crippen LogP contribution is 2.18. The van der Waals surface area contributed by atoms with Crippen LogP contribution in [0.5, 0.6) is 5.75 Å². The van der Waals surface area contributed by atoms with Crippen molar-refractivity contribution < 1.29 is 13.9 Å². The number of carbonyl (C=O) groups is 1. The van der Waals surface area contributed by atoms with E-state index in [9.17, 15) is 9.18 Å². The molecule has 0 saturated carbocycles. The number of rotatable bonds is 8. The van der Waals surface area contributed by atoms with Crippen molar-refractivity contribution >= 4 is 5.91 Å². The van der Waals surface area contributed by atoms with E-state index in [0.29, 0.717) is 31.5 Å². The lowest BCUT2D eigenvalue weighted by Crippen LogP contribution is -2.42. The molecule has 3 rings (SSSR count). The molecule has 0 radical (unpaired) electrons. The number of carbonyl (C=O) groups excluding carboxylic acids is 1. The van der Waals surface area contributed by atoms with Crippen molar-refractivity contribution in [1.29, 1.82) is 0 Å². The average molecular weight is 346 g/mol. The molecular formula is C18H23FN4O2. The summed E-state index contributed by atoms with van der Waals surface area (Å²) in [6, 6.07) is 8.22. The summed E-state index contributed by atoms with van der Waals surface area (Å²) < 4.78 is 20.4. The zero-order chi connectivity index (χ0) is 17.5. The highest BCUT2D eigenvalue weighted by Gasteiger charge is 2.26. The quantitative estimate of drug-likeness (QED) is 0.739. The maximum atomic E-state index is 13.0. The number of ether oxygens (including phenoxy) is 1. The third kappa shape index (κ3) is 5.29. The Balaban J connectivity index is 1.37. The molecule has 7 heteroatoms. The van der Waals surface area contributed by atoms with Gasteiger partial charge < -0.3 is 10.1 Å². The van der Waals surface area contributed by atoms with Gasteiger partial charge in [-0.15, -0.1) is 0 Å². The molecule has 0 spiro atoms. The number of hydrogen-bond acceptors (Lipinski definition) is 4. The second kappa shape index (κ2) is 8.62. The lowest BCUT2D eigenvalue weighted by molar-refractivity contribution is -0.122. The Morgan fingerprint density at radius 3 is 3.12 bits per heavy atom. The number of benzene rings is 1. The first-order chi connectivity index (χ1) is 12.2. The van der Waals surface area contributed by atoms with Gasteiger partial charge in [-0.25, -0.2) is 4.39 Å². The van der Waals surface area contributed by atoms with Crippen LogP contribution in [-0.2, 0) is 11.3 Å². The molecule has 0 bridgehead atoms. The van der Waals surface area contributed by atoms with Crippen LogP contribution in [0.4, 0.5) is 4.39 Å². The third-order valence-corrected chi connectivity index (χ3v) is 4.29. The van der Waals surface area contributed by atoms with Crippen molar-refractivity contribution in [1.82, 2.24) is 20.0 Å². The first-order valence-corrected chi connectivity index (χ1v) is 8.57. The van der Waals surface area contributed by atoms with Gasteiger partial charge in [-0.2, -0.15) is 5.10 Å². The first kappa shape index (κ1) is 17.4. The van der Waals surface area contributed by atoms with Crippen molar-refractivity contribution in [3.63, 3.8) is 0 Å². The molecule has 2 heterocycles. The Morgan fingerprint density at radius 2 is 2.32 bits per heavy atom. The Hall–Kier alpha value is -2.41. The summed E-state index contributed by atoms with van der Waals surface area (Å²) in [6.45, 7) is 2.83. The van der Waals surface area contributed by atoms with E-state index in [4.69, 9.17) is 4.74 Å². The summed E-state index contributed by atoms with van der Waals surface area (Å²) in [4.78, 5) is 14.3. The molecule has 1 aliphatic rings. The van der Waals surface area contributed by atoms with Gasteiger partial charge in [-0.05, 0) is 37.6 Å². The van der Waals surface area contributed by atoms with Crippen molar-refractivity contribution in [3.8, 4) is 5.75 Å². The van der Waals surface area contributed by atoms with E-state index in [1.165, 1.54) is 12.1 Å². The molecule has 1 aromatic heterocycles. The maximum absolute atomic E-state index is 13.0. The van der Waals surface area contributed by atoms with Crippen LogP contribution in [0.1, 0.15) is 12.8 Å². The topological polar surface area (TPSA) is 59.4 Å². The zero-order valence-electron chi connectivity index (χ0n) is 14.1. The van der Waals surface area contributed by atoms with Crippen LogP contribution >= 0.6 is 0 Å². The minimum absolute atomic E-state index is 0.0183. The van der Waals surface area contributed by atoms with Crippen LogP contribution in [0.3, 0.4) is 0 Å². The Labute approximate surface area is 146 Å². The Morgan fingerprint density at radius 1 is 1.40 bits per heavy atom. The SMILES string of the molecule is O=C(CN1CCC[C@@H]1Cn1cccn1)NCCOc1cccc(F)c1. The minimum Gasteiger partial charge on any atom is -0.492 e. The van der Waals surface area contributed by atoms with Crippen LogP contribution < -0.4 is 10.1 Å². The van der Waals surface area contributed by atoms with E-state index in [-0.39, 0.29) is 11.7 Å². The summed E-state index contributed by atoms with van der Waals surface area (Å²) in [5.74, 6) is 0.113. The molecule has 1 saturated heterocycles. The second-order valence-electron chi connectivity index (χ2n) is 6.15. The number of likely N-dealkylation sites (tertiary alicyclic amines) is 1. The fraction of sp³-hybridized carbons (Fsp3) is 0.444. The van der Waals surface area contributed by atoms with Crippen LogP contribution in [0.15, 0.2) is 42.7 Å². The number of amides is 1. The smallest absolute Gasteiger partial charge is 0.234 e. The third-order valence-electron chi connectivity index (χ3n) is 4.29. The van der Waals surface area contributed by atoms with E-state index in [1.807, 2.05) is 16.9 Å². The lowest BCUT2D eigenvalue weighted by atomic mass is 10.2. The minimum atomic E-state index is -0.334. The Kier molecular flexibility index (Phi) is 6.00. The highest BCUT2D eigenvalue weighted by atomic mass is 19.1. The van der Waals surface area contributed by atoms with E-state index in [0.717, 1.165) is 25.9 Å². The van der Waals surface area contributed by atoms with Crippen LogP contribution in [0.25, 0.3) is 0 Å². The van der Waals surface area contributed by atoms with E-state index in [1.54, 1.807) is 18.3 Å². The van der Waals surface area contributed by atoms with Gasteiger partial charge in [0.2, 0.25) is 5.91 Å². The van der Waals surface area contributed by atoms with Crippen LogP contribution in [-0.4, -0.2) is 52.9 Å². The highest BCUT2D eigenvalue weighted by molar-refractivity contribution is 5.78. The molecule has 1 atom stereocenters. The molecule has 134 valence electrons. The van der Waals surface area contributed by atoms with Crippen LogP contribution in [0, 0.1) is 5.82 Å². The molecule has 25 heavy (non-hydrogen) atoms. The summed E-state index contributed by atoms with van der Waals surface area (Å²) in [7, 11) is 0. The van der Waals surface area contributed by atoms with Gasteiger partial charge in [0.1, 0.15) is 18.2 Å². The molecule has 1 aliphatic heterocycles. The van der Waals surface area contributed by atoms with Gasteiger partial charge in [0.05, 0.1) is 19.6 Å². The van der Waals surface area contributed by atoms with Crippen molar-refractivity contribution in [3.05, 3.63) is 48.5 Å². The molecule has 2 aromatic rings. The van der Waals surface area contributed by atoms with Gasteiger partial charge in [0.15, 0.2) is 0 Å². The molecule has 0 unspecified atom stereocenters. The standard InChI is InChI=1S/C18H23FN4O2/c19-15-4-1-6-17(12-15)25-11-8-20-18(24)14-22-9-2-5-16(22)13-23-10-3-7-21-23/h1,3-4,6-7,10,12,16H,2,5,8-9,11,13-14H2,(H,20,24)/t16-/m1/s1. The summed E-state index contributed by atoms with van der Waals surface area (Å²) in [5, 5.41) is 7.09. The van der Waals surface area contributed by atoms with E-state index in [2.05, 4.69) is 15.3 Å². The molecule has 6 nitrogen and oxygen atoms in total. The molecular weight excluding hydrogens is 323 g/mol. The van der Waals surface area contributed by atoms with Gasteiger partial charge in [-0.1, -0.05) is 6.07 Å². The molecule has 1 N–H and O–H groups in total. The summed E-state index contributed by atoms with van der Waals surface area (Å²) in [6.07, 6.45) is 5.89. The predicted octanol–water partition coefficient (Wildman–Crippen LogP) is 1.68. The van der Waals surface area contributed by atoms with Crippen molar-refractivity contribution in [2.45, 2.75) is 25.4 Å².